The van der Waals surface area contributed by atoms with Gasteiger partial charge in [-0.2, -0.15) is 0 Å². The molecule has 3 N–H and O–H groups in total. The molecule has 1 saturated carbocycles. The molecule has 2 atom stereocenters. The van der Waals surface area contributed by atoms with Gasteiger partial charge in [-0.3, -0.25) is 4.79 Å². The van der Waals surface area contributed by atoms with Gasteiger partial charge >= 0.3 is 0 Å². The van der Waals surface area contributed by atoms with Crippen molar-refractivity contribution in [3.8, 4) is 11.4 Å². The lowest BCUT2D eigenvalue weighted by Crippen LogP contribution is -2.39. The minimum Gasteiger partial charge on any atom is -0.469 e. The molecule has 9 heteroatoms. The first-order valence-electron chi connectivity index (χ1n) is 11.8. The van der Waals surface area contributed by atoms with Crippen molar-refractivity contribution in [1.82, 2.24) is 20.3 Å². The van der Waals surface area contributed by atoms with Crippen LogP contribution in [0.25, 0.3) is 22.3 Å². The van der Waals surface area contributed by atoms with Gasteiger partial charge in [0.2, 0.25) is 0 Å². The Bertz CT molecular complexity index is 1380. The van der Waals surface area contributed by atoms with Crippen LogP contribution < -0.4 is 10.6 Å². The number of anilines is 1. The van der Waals surface area contributed by atoms with E-state index in [-0.39, 0.29) is 29.5 Å². The lowest BCUT2D eigenvalue weighted by Gasteiger charge is -2.30. The number of hydrogen-bond donors (Lipinski definition) is 3. The number of nitrogens with one attached hydrogen (secondary N) is 3. The summed E-state index contributed by atoms with van der Waals surface area (Å²) in [6.07, 6.45) is 7.92. The Hall–Kier alpha value is -3.75. The van der Waals surface area contributed by atoms with Crippen LogP contribution in [0.5, 0.6) is 0 Å². The molecular weight excluding hydrogens is 452 g/mol. The number of nitrogens with zero attached hydrogens (tertiary/aromatic N) is 2. The standard InChI is InChI=1S/C26H27F2N5O2/c1-14-8-19-20(12-29-23(19)21(27)9-14)24-31-13-22(28)25(33-24)30-11-16-4-3-5-17(10-16)32-26(34)18-6-7-35-15(18)2/h6-9,12-13,16-17,29H,3-5,10-11H2,1-2H3,(H,32,34)(H,30,31,33)/t16?,17-/m1/s1. The number of carbonyl (C=O) groups is 1. The normalized spacial score (nSPS) is 18.1. The van der Waals surface area contributed by atoms with Crippen LogP contribution >= 0.6 is 0 Å². The second-order valence-corrected chi connectivity index (χ2v) is 9.24. The first-order valence-corrected chi connectivity index (χ1v) is 11.8. The fourth-order valence-corrected chi connectivity index (χ4v) is 4.86. The van der Waals surface area contributed by atoms with Gasteiger partial charge in [-0.25, -0.2) is 18.7 Å². The molecule has 5 rings (SSSR count). The van der Waals surface area contributed by atoms with Gasteiger partial charge < -0.3 is 20.0 Å². The van der Waals surface area contributed by atoms with Gasteiger partial charge in [-0.15, -0.1) is 0 Å². The molecule has 1 aliphatic carbocycles. The molecule has 1 aliphatic rings. The van der Waals surface area contributed by atoms with Crippen LogP contribution in [0, 0.1) is 31.4 Å². The third-order valence-electron chi connectivity index (χ3n) is 6.65. The van der Waals surface area contributed by atoms with Gasteiger partial charge in [-0.1, -0.05) is 6.42 Å². The smallest absolute Gasteiger partial charge is 0.255 e. The SMILES string of the molecule is Cc1cc(F)c2[nH]cc(-c3ncc(F)c(NCC4CCC[C@@H](NC(=O)c5ccoc5C)C4)n3)c2c1. The highest BCUT2D eigenvalue weighted by Crippen LogP contribution is 2.30. The Balaban J connectivity index is 1.27. The highest BCUT2D eigenvalue weighted by Gasteiger charge is 2.25. The van der Waals surface area contributed by atoms with Crippen LogP contribution in [0.15, 0.2) is 41.3 Å². The fourth-order valence-electron chi connectivity index (χ4n) is 4.86. The van der Waals surface area contributed by atoms with Crippen LogP contribution in [-0.4, -0.2) is 33.4 Å². The molecule has 0 saturated heterocycles. The first kappa shape index (κ1) is 23.0. The molecule has 1 aromatic carbocycles. The molecule has 1 amide bonds. The minimum absolute atomic E-state index is 0.0486. The number of benzene rings is 1. The summed E-state index contributed by atoms with van der Waals surface area (Å²) in [6, 6.07) is 5.03. The van der Waals surface area contributed by atoms with E-state index >= 15 is 0 Å². The summed E-state index contributed by atoms with van der Waals surface area (Å²) in [4.78, 5) is 24.0. The summed E-state index contributed by atoms with van der Waals surface area (Å²) in [5, 5.41) is 6.87. The van der Waals surface area contributed by atoms with Gasteiger partial charge in [-0.05, 0) is 62.8 Å². The predicted molar refractivity (Wildman–Crippen MR) is 129 cm³/mol. The van der Waals surface area contributed by atoms with E-state index in [0.29, 0.717) is 40.2 Å². The third kappa shape index (κ3) is 4.76. The maximum Gasteiger partial charge on any atom is 0.255 e. The predicted octanol–water partition coefficient (Wildman–Crippen LogP) is 5.51. The number of aryl methyl sites for hydroxylation is 2. The number of carbonyl (C=O) groups excluding carboxylic acids is 1. The molecule has 7 nitrogen and oxygen atoms in total. The van der Waals surface area contributed by atoms with E-state index in [4.69, 9.17) is 4.42 Å². The number of hydrogen-bond acceptors (Lipinski definition) is 5. The number of furan rings is 1. The van der Waals surface area contributed by atoms with Crippen molar-refractivity contribution >= 4 is 22.6 Å². The molecule has 0 spiro atoms. The highest BCUT2D eigenvalue weighted by atomic mass is 19.1. The van der Waals surface area contributed by atoms with E-state index in [0.717, 1.165) is 37.4 Å². The Morgan fingerprint density at radius 1 is 1.23 bits per heavy atom. The summed E-state index contributed by atoms with van der Waals surface area (Å²) in [6.45, 7) is 4.10. The van der Waals surface area contributed by atoms with Gasteiger partial charge in [0.25, 0.3) is 5.91 Å². The van der Waals surface area contributed by atoms with E-state index in [1.54, 1.807) is 19.2 Å². The van der Waals surface area contributed by atoms with Crippen molar-refractivity contribution < 1.29 is 18.0 Å². The monoisotopic (exact) mass is 479 g/mol. The van der Waals surface area contributed by atoms with Crippen molar-refractivity contribution in [1.29, 1.82) is 0 Å². The zero-order chi connectivity index (χ0) is 24.5. The minimum atomic E-state index is -0.549. The van der Waals surface area contributed by atoms with Crippen molar-refractivity contribution in [2.45, 2.75) is 45.6 Å². The first-order chi connectivity index (χ1) is 16.9. The van der Waals surface area contributed by atoms with Gasteiger partial charge in [0.15, 0.2) is 17.5 Å². The Morgan fingerprint density at radius 2 is 2.09 bits per heavy atom. The van der Waals surface area contributed by atoms with Crippen molar-refractivity contribution in [2.24, 2.45) is 5.92 Å². The number of rotatable bonds is 6. The molecule has 0 bridgehead atoms. The molecule has 4 aromatic rings. The summed E-state index contributed by atoms with van der Waals surface area (Å²) >= 11 is 0. The summed E-state index contributed by atoms with van der Waals surface area (Å²) in [5.41, 5.74) is 2.31. The van der Waals surface area contributed by atoms with E-state index in [9.17, 15) is 13.6 Å². The molecule has 1 fully saturated rings. The van der Waals surface area contributed by atoms with Crippen LogP contribution in [-0.2, 0) is 0 Å². The maximum atomic E-state index is 14.5. The summed E-state index contributed by atoms with van der Waals surface area (Å²) < 4.78 is 34.0. The Kier molecular flexibility index (Phi) is 6.23. The zero-order valence-electron chi connectivity index (χ0n) is 19.6. The fraction of sp³-hybridized carbons (Fsp3) is 0.346. The Morgan fingerprint density at radius 3 is 2.89 bits per heavy atom. The van der Waals surface area contributed by atoms with E-state index < -0.39 is 5.82 Å². The average Bonchev–Trinajstić information content (AvgIpc) is 3.45. The van der Waals surface area contributed by atoms with Gasteiger partial charge in [0.05, 0.1) is 23.5 Å². The molecule has 3 aromatic heterocycles. The van der Waals surface area contributed by atoms with Gasteiger partial charge in [0.1, 0.15) is 11.6 Å². The Labute approximate surface area is 201 Å². The second kappa shape index (κ2) is 9.48. The van der Waals surface area contributed by atoms with Crippen LogP contribution in [0.4, 0.5) is 14.6 Å². The van der Waals surface area contributed by atoms with E-state index in [1.165, 1.54) is 12.3 Å². The van der Waals surface area contributed by atoms with Crippen molar-refractivity contribution in [2.75, 3.05) is 11.9 Å². The summed E-state index contributed by atoms with van der Waals surface area (Å²) in [7, 11) is 0. The third-order valence-corrected chi connectivity index (χ3v) is 6.65. The molecular formula is C26H27F2N5O2. The maximum absolute atomic E-state index is 14.5. The van der Waals surface area contributed by atoms with Crippen LogP contribution in [0.2, 0.25) is 0 Å². The van der Waals surface area contributed by atoms with E-state index in [1.807, 2.05) is 13.0 Å². The zero-order valence-corrected chi connectivity index (χ0v) is 19.6. The van der Waals surface area contributed by atoms with Gasteiger partial charge in [0, 0.05) is 29.7 Å². The molecule has 182 valence electrons. The number of H-pyrrole nitrogens is 1. The number of halogens is 2. The molecule has 3 heterocycles. The quantitative estimate of drug-likeness (QED) is 0.339. The van der Waals surface area contributed by atoms with E-state index in [2.05, 4.69) is 25.6 Å². The molecule has 0 radical (unpaired) electrons. The molecule has 1 unspecified atom stereocenters. The van der Waals surface area contributed by atoms with Crippen molar-refractivity contribution in [3.05, 3.63) is 65.4 Å². The largest absolute Gasteiger partial charge is 0.469 e. The van der Waals surface area contributed by atoms with Crippen LogP contribution in [0.1, 0.15) is 47.4 Å². The number of amides is 1. The molecule has 0 aliphatic heterocycles. The second-order valence-electron chi connectivity index (χ2n) is 9.24. The topological polar surface area (TPSA) is 95.8 Å². The molecule has 35 heavy (non-hydrogen) atoms. The lowest BCUT2D eigenvalue weighted by molar-refractivity contribution is 0.0919. The average molecular weight is 480 g/mol. The van der Waals surface area contributed by atoms with Crippen LogP contribution in [0.3, 0.4) is 0 Å². The highest BCUT2D eigenvalue weighted by molar-refractivity contribution is 5.95. The number of aromatic amines is 1. The number of aromatic nitrogens is 3. The summed E-state index contributed by atoms with van der Waals surface area (Å²) in [5.74, 6) is 0.237. The number of fused-ring (bicyclic) bond motifs is 1. The lowest BCUT2D eigenvalue weighted by atomic mass is 9.85. The van der Waals surface area contributed by atoms with Crippen molar-refractivity contribution in [3.63, 3.8) is 0 Å².